The number of halogens is 1. The molecular formula is C13H15FOS. The van der Waals surface area contributed by atoms with Gasteiger partial charge in [-0.3, -0.25) is 0 Å². The van der Waals surface area contributed by atoms with E-state index < -0.39 is 0 Å². The average molecular weight is 238 g/mol. The molecule has 1 heterocycles. The number of carbonyl (C=O) groups excluding carboxylic acids is 1. The number of hydrogen-bond donors (Lipinski definition) is 0. The van der Waals surface area contributed by atoms with Gasteiger partial charge in [-0.25, -0.2) is 4.39 Å². The first-order chi connectivity index (χ1) is 7.81. The van der Waals surface area contributed by atoms with Crippen molar-refractivity contribution < 1.29 is 9.18 Å². The maximum atomic E-state index is 13.1. The van der Waals surface area contributed by atoms with Gasteiger partial charge < -0.3 is 4.79 Å². The first kappa shape index (κ1) is 11.6. The van der Waals surface area contributed by atoms with Crippen molar-refractivity contribution in [3.8, 4) is 0 Å². The molecule has 16 heavy (non-hydrogen) atoms. The van der Waals surface area contributed by atoms with Crippen molar-refractivity contribution in [3.63, 3.8) is 0 Å². The lowest BCUT2D eigenvalue weighted by Gasteiger charge is -2.26. The Morgan fingerprint density at radius 2 is 2.38 bits per heavy atom. The van der Waals surface area contributed by atoms with Crippen LogP contribution >= 0.6 is 11.8 Å². The molecule has 86 valence electrons. The Morgan fingerprint density at radius 3 is 3.00 bits per heavy atom. The van der Waals surface area contributed by atoms with Crippen molar-refractivity contribution in [2.75, 3.05) is 11.5 Å². The van der Waals surface area contributed by atoms with E-state index in [1.165, 1.54) is 17.9 Å². The summed E-state index contributed by atoms with van der Waals surface area (Å²) in [7, 11) is 0. The molecule has 1 saturated heterocycles. The molecule has 1 aliphatic rings. The Labute approximate surface area is 99.4 Å². The number of rotatable bonds is 3. The molecule has 2 rings (SSSR count). The topological polar surface area (TPSA) is 17.1 Å². The molecule has 0 amide bonds. The summed E-state index contributed by atoms with van der Waals surface area (Å²) in [5.74, 6) is 2.18. The second kappa shape index (κ2) is 5.48. The molecule has 1 fully saturated rings. The number of thioether (sulfide) groups is 1. The standard InChI is InChI=1S/C13H15FOS/c14-12-5-1-3-10(7-12)13(8-15)11-4-2-6-16-9-11/h1,3,5,7-8,11,13H,2,4,6,9H2. The first-order valence-electron chi connectivity index (χ1n) is 5.60. The molecule has 0 bridgehead atoms. The summed E-state index contributed by atoms with van der Waals surface area (Å²) >= 11 is 1.89. The molecule has 0 saturated carbocycles. The van der Waals surface area contributed by atoms with Crippen LogP contribution in [0.2, 0.25) is 0 Å². The summed E-state index contributed by atoms with van der Waals surface area (Å²) in [4.78, 5) is 11.2. The lowest BCUT2D eigenvalue weighted by Crippen LogP contribution is -2.20. The highest BCUT2D eigenvalue weighted by Gasteiger charge is 2.25. The fraction of sp³-hybridized carbons (Fsp3) is 0.462. The fourth-order valence-electron chi connectivity index (χ4n) is 2.22. The second-order valence-electron chi connectivity index (χ2n) is 4.19. The molecule has 2 atom stereocenters. The Hall–Kier alpha value is -0.830. The van der Waals surface area contributed by atoms with Crippen molar-refractivity contribution in [2.24, 2.45) is 5.92 Å². The summed E-state index contributed by atoms with van der Waals surface area (Å²) in [5, 5.41) is 0. The third-order valence-corrected chi connectivity index (χ3v) is 4.32. The van der Waals surface area contributed by atoms with Gasteiger partial charge in [-0.05, 0) is 48.0 Å². The second-order valence-corrected chi connectivity index (χ2v) is 5.34. The molecule has 1 aromatic rings. The van der Waals surface area contributed by atoms with Crippen LogP contribution in [0, 0.1) is 11.7 Å². The van der Waals surface area contributed by atoms with Crippen LogP contribution in [-0.4, -0.2) is 17.8 Å². The van der Waals surface area contributed by atoms with E-state index in [2.05, 4.69) is 0 Å². The third-order valence-electron chi connectivity index (χ3n) is 3.08. The summed E-state index contributed by atoms with van der Waals surface area (Å²) in [6.07, 6.45) is 3.22. The molecule has 0 aromatic heterocycles. The lowest BCUT2D eigenvalue weighted by molar-refractivity contribution is -0.110. The molecule has 1 aliphatic heterocycles. The zero-order valence-electron chi connectivity index (χ0n) is 9.06. The predicted octanol–water partition coefficient (Wildman–Crippen LogP) is 3.25. The minimum Gasteiger partial charge on any atom is -0.303 e. The first-order valence-corrected chi connectivity index (χ1v) is 6.75. The van der Waals surface area contributed by atoms with Gasteiger partial charge in [-0.2, -0.15) is 11.8 Å². The predicted molar refractivity (Wildman–Crippen MR) is 65.3 cm³/mol. The summed E-state index contributed by atoms with van der Waals surface area (Å²) in [6.45, 7) is 0. The van der Waals surface area contributed by atoms with Gasteiger partial charge in [0.25, 0.3) is 0 Å². The van der Waals surface area contributed by atoms with Crippen LogP contribution in [-0.2, 0) is 4.79 Å². The van der Waals surface area contributed by atoms with Crippen LogP contribution in [0.5, 0.6) is 0 Å². The van der Waals surface area contributed by atoms with Crippen LogP contribution in [0.3, 0.4) is 0 Å². The number of hydrogen-bond acceptors (Lipinski definition) is 2. The Morgan fingerprint density at radius 1 is 1.50 bits per heavy atom. The van der Waals surface area contributed by atoms with Crippen LogP contribution in [0.1, 0.15) is 24.3 Å². The van der Waals surface area contributed by atoms with Crippen molar-refractivity contribution in [2.45, 2.75) is 18.8 Å². The van der Waals surface area contributed by atoms with Gasteiger partial charge in [0.15, 0.2) is 0 Å². The van der Waals surface area contributed by atoms with Gasteiger partial charge in [-0.15, -0.1) is 0 Å². The quantitative estimate of drug-likeness (QED) is 0.752. The Kier molecular flexibility index (Phi) is 3.99. The summed E-state index contributed by atoms with van der Waals surface area (Å²) in [6, 6.07) is 6.43. The van der Waals surface area contributed by atoms with Crippen molar-refractivity contribution in [3.05, 3.63) is 35.6 Å². The third kappa shape index (κ3) is 2.64. The fourth-order valence-corrected chi connectivity index (χ4v) is 3.44. The maximum absolute atomic E-state index is 13.1. The van der Waals surface area contributed by atoms with E-state index in [4.69, 9.17) is 0 Å². The molecular weight excluding hydrogens is 223 g/mol. The van der Waals surface area contributed by atoms with Crippen molar-refractivity contribution in [1.29, 1.82) is 0 Å². The molecule has 1 aromatic carbocycles. The smallest absolute Gasteiger partial charge is 0.127 e. The molecule has 0 N–H and O–H groups in total. The van der Waals surface area contributed by atoms with Crippen LogP contribution < -0.4 is 0 Å². The van der Waals surface area contributed by atoms with Gasteiger partial charge in [0.1, 0.15) is 12.1 Å². The van der Waals surface area contributed by atoms with Gasteiger partial charge in [-0.1, -0.05) is 12.1 Å². The van der Waals surface area contributed by atoms with Gasteiger partial charge in [0, 0.05) is 5.92 Å². The minimum atomic E-state index is -0.257. The molecule has 3 heteroatoms. The molecule has 1 nitrogen and oxygen atoms in total. The van der Waals surface area contributed by atoms with Gasteiger partial charge >= 0.3 is 0 Å². The summed E-state index contributed by atoms with van der Waals surface area (Å²) in [5.41, 5.74) is 0.822. The Bertz CT molecular complexity index is 361. The monoisotopic (exact) mass is 238 g/mol. The molecule has 0 spiro atoms. The van der Waals surface area contributed by atoms with Crippen LogP contribution in [0.4, 0.5) is 4.39 Å². The number of benzene rings is 1. The summed E-state index contributed by atoms with van der Waals surface area (Å²) < 4.78 is 13.1. The minimum absolute atomic E-state index is 0.136. The van der Waals surface area contributed by atoms with E-state index in [-0.39, 0.29) is 11.7 Å². The highest BCUT2D eigenvalue weighted by Crippen LogP contribution is 2.33. The van der Waals surface area contributed by atoms with E-state index in [0.29, 0.717) is 5.92 Å². The molecule has 2 unspecified atom stereocenters. The van der Waals surface area contributed by atoms with Gasteiger partial charge in [0.05, 0.1) is 0 Å². The lowest BCUT2D eigenvalue weighted by atomic mass is 9.85. The number of carbonyl (C=O) groups is 1. The van der Waals surface area contributed by atoms with Crippen molar-refractivity contribution in [1.82, 2.24) is 0 Å². The zero-order valence-corrected chi connectivity index (χ0v) is 9.88. The van der Waals surface area contributed by atoms with Crippen LogP contribution in [0.25, 0.3) is 0 Å². The Balaban J connectivity index is 2.17. The van der Waals surface area contributed by atoms with E-state index in [1.54, 1.807) is 6.07 Å². The number of aldehydes is 1. The largest absolute Gasteiger partial charge is 0.303 e. The van der Waals surface area contributed by atoms with Gasteiger partial charge in [0.2, 0.25) is 0 Å². The SMILES string of the molecule is O=CC(c1cccc(F)c1)C1CCCSC1. The normalized spacial score (nSPS) is 22.7. The van der Waals surface area contributed by atoms with E-state index in [0.717, 1.165) is 30.4 Å². The van der Waals surface area contributed by atoms with E-state index >= 15 is 0 Å². The van der Waals surface area contributed by atoms with E-state index in [1.807, 2.05) is 17.8 Å². The highest BCUT2D eigenvalue weighted by molar-refractivity contribution is 7.99. The van der Waals surface area contributed by atoms with Crippen LogP contribution in [0.15, 0.2) is 24.3 Å². The maximum Gasteiger partial charge on any atom is 0.127 e. The van der Waals surface area contributed by atoms with Crippen molar-refractivity contribution >= 4 is 18.0 Å². The highest BCUT2D eigenvalue weighted by atomic mass is 32.2. The zero-order chi connectivity index (χ0) is 11.4. The average Bonchev–Trinajstić information content (AvgIpc) is 2.31. The molecule has 0 radical (unpaired) electrons. The molecule has 0 aliphatic carbocycles. The van der Waals surface area contributed by atoms with E-state index in [9.17, 15) is 9.18 Å².